The predicted molar refractivity (Wildman–Crippen MR) is 43.0 cm³/mol. The Balaban J connectivity index is 0. The second-order valence-corrected chi connectivity index (χ2v) is 3.39. The van der Waals surface area contributed by atoms with Gasteiger partial charge in [-0.05, 0) is 0 Å². The standard InChI is InChI=1S/C3H10NOS.HI/c1-4(2,3)6-5;/h6H,1-3H3;1H/q+1;. The van der Waals surface area contributed by atoms with E-state index in [0.29, 0.717) is 3.89 Å². The molecule has 0 heterocycles. The molecule has 0 saturated carbocycles. The zero-order valence-electron chi connectivity index (χ0n) is 4.71. The third kappa shape index (κ3) is 10.9. The highest BCUT2D eigenvalue weighted by atomic mass is 127. The second kappa shape index (κ2) is 3.80. The van der Waals surface area contributed by atoms with Gasteiger partial charge in [0.25, 0.3) is 0 Å². The molecule has 46 valence electrons. The molecule has 0 radical (unpaired) electrons. The molecule has 0 rings (SSSR count). The van der Waals surface area contributed by atoms with Crippen molar-refractivity contribution in [3.8, 4) is 0 Å². The minimum absolute atomic E-state index is 0. The number of quaternary nitrogens is 1. The first kappa shape index (κ1) is 10.8. The van der Waals surface area contributed by atoms with E-state index in [9.17, 15) is 4.21 Å². The van der Waals surface area contributed by atoms with Gasteiger partial charge >= 0.3 is 0 Å². The number of hydrogen-bond donors (Lipinski definition) is 1. The summed E-state index contributed by atoms with van der Waals surface area (Å²) < 4.78 is 10.4. The normalized spacial score (nSPS) is 10.1. The number of rotatable bonds is 1. The quantitative estimate of drug-likeness (QED) is 0.390. The van der Waals surface area contributed by atoms with Crippen molar-refractivity contribution in [2.24, 2.45) is 0 Å². The van der Waals surface area contributed by atoms with Gasteiger partial charge in [0.2, 0.25) is 0 Å². The van der Waals surface area contributed by atoms with Crippen molar-refractivity contribution >= 4 is 35.8 Å². The lowest BCUT2D eigenvalue weighted by Gasteiger charge is -2.11. The molecule has 0 aromatic heterocycles. The summed E-state index contributed by atoms with van der Waals surface area (Å²) in [4.78, 5) is 0. The van der Waals surface area contributed by atoms with Crippen LogP contribution in [-0.4, -0.2) is 29.2 Å². The van der Waals surface area contributed by atoms with Crippen molar-refractivity contribution < 1.29 is 8.10 Å². The minimum atomic E-state index is 0. The first-order chi connectivity index (χ1) is 2.56. The maximum Gasteiger partial charge on any atom is 0.193 e. The molecule has 7 heavy (non-hydrogen) atoms. The van der Waals surface area contributed by atoms with E-state index in [4.69, 9.17) is 0 Å². The van der Waals surface area contributed by atoms with Gasteiger partial charge in [0.05, 0.1) is 21.1 Å². The van der Waals surface area contributed by atoms with E-state index in [-0.39, 0.29) is 35.8 Å². The molecule has 0 aromatic carbocycles. The zero-order valence-corrected chi connectivity index (χ0v) is 7.94. The summed E-state index contributed by atoms with van der Waals surface area (Å²) in [5.41, 5.74) is 0. The zero-order chi connectivity index (χ0) is 5.21. The van der Waals surface area contributed by atoms with Crippen LogP contribution in [0.25, 0.3) is 0 Å². The topological polar surface area (TPSA) is 17.1 Å². The molecule has 2 nitrogen and oxygen atoms in total. The molecule has 0 bridgehead atoms. The largest absolute Gasteiger partial charge is 0.248 e. The Labute approximate surface area is 65.1 Å². The van der Waals surface area contributed by atoms with Crippen molar-refractivity contribution in [2.45, 2.75) is 0 Å². The van der Waals surface area contributed by atoms with Crippen molar-refractivity contribution in [1.29, 1.82) is 0 Å². The van der Waals surface area contributed by atoms with Gasteiger partial charge in [0.15, 0.2) is 11.9 Å². The summed E-state index contributed by atoms with van der Waals surface area (Å²) in [5, 5.41) is 0. The lowest BCUT2D eigenvalue weighted by Crippen LogP contribution is -2.28. The number of hydrogen-bond acceptors (Lipinski definition) is 1. The Morgan fingerprint density at radius 3 is 1.43 bits per heavy atom. The Kier molecular flexibility index (Phi) is 5.83. The van der Waals surface area contributed by atoms with Crippen molar-refractivity contribution in [2.75, 3.05) is 21.1 Å². The third-order valence-corrected chi connectivity index (χ3v) is 0.735. The van der Waals surface area contributed by atoms with Crippen LogP contribution in [0.4, 0.5) is 0 Å². The first-order valence-electron chi connectivity index (χ1n) is 1.72. The van der Waals surface area contributed by atoms with E-state index in [1.807, 2.05) is 21.1 Å². The van der Waals surface area contributed by atoms with Crippen LogP contribution in [-0.2, 0) is 11.9 Å². The van der Waals surface area contributed by atoms with Gasteiger partial charge in [0, 0.05) is 0 Å². The van der Waals surface area contributed by atoms with Gasteiger partial charge in [-0.1, -0.05) is 0 Å². The molecular formula is C3H11INOS+. The lowest BCUT2D eigenvalue weighted by molar-refractivity contribution is -0.729. The van der Waals surface area contributed by atoms with Crippen LogP contribution >= 0.6 is 24.0 Å². The van der Waals surface area contributed by atoms with Gasteiger partial charge in [0.1, 0.15) is 0 Å². The SMILES string of the molecule is C[N+](C)(C)[SH]=O.I. The van der Waals surface area contributed by atoms with E-state index in [1.54, 1.807) is 0 Å². The maximum absolute atomic E-state index is 9.90. The predicted octanol–water partition coefficient (Wildman–Crippen LogP) is 0.171. The van der Waals surface area contributed by atoms with E-state index in [0.717, 1.165) is 0 Å². The Hall–Kier alpha value is 0.840. The first-order valence-corrected chi connectivity index (χ1v) is 2.49. The van der Waals surface area contributed by atoms with Crippen LogP contribution in [0.15, 0.2) is 0 Å². The fourth-order valence-electron chi connectivity index (χ4n) is 0. The summed E-state index contributed by atoms with van der Waals surface area (Å²) in [6.07, 6.45) is 0. The minimum Gasteiger partial charge on any atom is -0.248 e. The third-order valence-electron chi connectivity index (χ3n) is 0.245. The molecule has 0 saturated heterocycles. The molecule has 0 N–H and O–H groups in total. The van der Waals surface area contributed by atoms with Crippen molar-refractivity contribution in [3.63, 3.8) is 0 Å². The fraction of sp³-hybridized carbons (Fsp3) is 1.00. The Bertz CT molecular complexity index is 60.4. The Morgan fingerprint density at radius 2 is 1.43 bits per heavy atom. The fourth-order valence-corrected chi connectivity index (χ4v) is 0. The van der Waals surface area contributed by atoms with Crippen LogP contribution < -0.4 is 0 Å². The van der Waals surface area contributed by atoms with Gasteiger partial charge in [-0.2, -0.15) is 0 Å². The Morgan fingerprint density at radius 1 is 1.29 bits per heavy atom. The van der Waals surface area contributed by atoms with Crippen LogP contribution in [0.5, 0.6) is 0 Å². The molecule has 0 atom stereocenters. The van der Waals surface area contributed by atoms with E-state index in [2.05, 4.69) is 0 Å². The maximum atomic E-state index is 9.90. The van der Waals surface area contributed by atoms with Crippen LogP contribution in [0, 0.1) is 0 Å². The molecule has 0 aliphatic rings. The van der Waals surface area contributed by atoms with Crippen molar-refractivity contribution in [1.82, 2.24) is 0 Å². The summed E-state index contributed by atoms with van der Waals surface area (Å²) in [6.45, 7) is 0. The number of nitrogens with zero attached hydrogens (tertiary/aromatic N) is 1. The number of halogens is 1. The summed E-state index contributed by atoms with van der Waals surface area (Å²) >= 11 is 0.162. The highest BCUT2D eigenvalue weighted by Crippen LogP contribution is 1.80. The highest BCUT2D eigenvalue weighted by molar-refractivity contribution is 14.0. The van der Waals surface area contributed by atoms with E-state index >= 15 is 0 Å². The number of thiol groups is 1. The summed E-state index contributed by atoms with van der Waals surface area (Å²) in [6, 6.07) is 0. The van der Waals surface area contributed by atoms with Gasteiger partial charge in [-0.25, -0.2) is 8.10 Å². The summed E-state index contributed by atoms with van der Waals surface area (Å²) in [5.74, 6) is 0. The van der Waals surface area contributed by atoms with E-state index in [1.165, 1.54) is 0 Å². The average Bonchev–Trinajstić information content (AvgIpc) is 1.35. The van der Waals surface area contributed by atoms with E-state index < -0.39 is 0 Å². The van der Waals surface area contributed by atoms with Crippen LogP contribution in [0.1, 0.15) is 0 Å². The molecular weight excluding hydrogens is 225 g/mol. The van der Waals surface area contributed by atoms with Gasteiger partial charge in [-0.15, -0.1) is 24.0 Å². The highest BCUT2D eigenvalue weighted by Gasteiger charge is 1.98. The monoisotopic (exact) mass is 236 g/mol. The van der Waals surface area contributed by atoms with Gasteiger partial charge in [-0.3, -0.25) is 0 Å². The second-order valence-electron chi connectivity index (χ2n) is 2.02. The molecule has 0 unspecified atom stereocenters. The van der Waals surface area contributed by atoms with Crippen LogP contribution in [0.2, 0.25) is 0 Å². The molecule has 0 aliphatic heterocycles. The molecule has 0 aliphatic carbocycles. The molecule has 4 heteroatoms. The van der Waals surface area contributed by atoms with Crippen LogP contribution in [0.3, 0.4) is 0 Å². The smallest absolute Gasteiger partial charge is 0.193 e. The lowest BCUT2D eigenvalue weighted by atomic mass is 11.0. The molecule has 0 aromatic rings. The molecule has 0 spiro atoms. The van der Waals surface area contributed by atoms with Gasteiger partial charge < -0.3 is 0 Å². The summed E-state index contributed by atoms with van der Waals surface area (Å²) in [7, 11) is 5.57. The van der Waals surface area contributed by atoms with Crippen molar-refractivity contribution in [3.05, 3.63) is 0 Å². The average molecular weight is 236 g/mol. The molecule has 0 fully saturated rings. The molecule has 0 amide bonds.